The normalized spacial score (nSPS) is 14.2. The molecule has 0 spiro atoms. The third-order valence-corrected chi connectivity index (χ3v) is 5.24. The Hall–Kier alpha value is -2.08. The number of fused-ring (bicyclic) bond motifs is 3. The van der Waals surface area contributed by atoms with Crippen LogP contribution < -0.4 is 5.56 Å². The van der Waals surface area contributed by atoms with Crippen LogP contribution in [0.5, 0.6) is 0 Å². The minimum absolute atomic E-state index is 0.117. The number of benzene rings is 1. The molecule has 0 fully saturated rings. The fourth-order valence-electron chi connectivity index (χ4n) is 3.02. The molecule has 2 aromatic heterocycles. The van der Waals surface area contributed by atoms with Crippen molar-refractivity contribution in [1.82, 2.24) is 15.0 Å². The van der Waals surface area contributed by atoms with Crippen molar-refractivity contribution in [3.05, 3.63) is 56.4 Å². The third kappa shape index (κ3) is 2.23. The predicted molar refractivity (Wildman–Crippen MR) is 83.8 cm³/mol. The van der Waals surface area contributed by atoms with E-state index in [2.05, 4.69) is 10.3 Å². The van der Waals surface area contributed by atoms with Gasteiger partial charge in [0.2, 0.25) is 0 Å². The van der Waals surface area contributed by atoms with Crippen molar-refractivity contribution in [3.63, 3.8) is 0 Å². The van der Waals surface area contributed by atoms with Gasteiger partial charge in [-0.05, 0) is 48.9 Å². The van der Waals surface area contributed by atoms with E-state index in [0.29, 0.717) is 10.9 Å². The zero-order valence-electron chi connectivity index (χ0n) is 11.9. The summed E-state index contributed by atoms with van der Waals surface area (Å²) >= 11 is 1.58. The summed E-state index contributed by atoms with van der Waals surface area (Å²) in [6.07, 6.45) is 4.26. The second kappa shape index (κ2) is 5.28. The molecule has 112 valence electrons. The maximum atomic E-state index is 13.3. The van der Waals surface area contributed by atoms with Gasteiger partial charge in [0.05, 0.1) is 11.9 Å². The Bertz CT molecular complexity index is 915. The molecule has 0 aliphatic heterocycles. The highest BCUT2D eigenvalue weighted by atomic mass is 32.1. The minimum Gasteiger partial charge on any atom is -0.267 e. The highest BCUT2D eigenvalue weighted by Gasteiger charge is 2.20. The molecule has 0 radical (unpaired) electrons. The number of aryl methyl sites for hydroxylation is 2. The molecule has 0 N–H and O–H groups in total. The number of aromatic nitrogens is 3. The molecule has 1 aliphatic carbocycles. The van der Waals surface area contributed by atoms with Crippen molar-refractivity contribution in [3.8, 4) is 0 Å². The van der Waals surface area contributed by atoms with E-state index in [4.69, 9.17) is 0 Å². The van der Waals surface area contributed by atoms with Crippen LogP contribution in [0.25, 0.3) is 10.2 Å². The van der Waals surface area contributed by atoms with E-state index in [1.54, 1.807) is 23.5 Å². The van der Waals surface area contributed by atoms with Crippen LogP contribution in [0.2, 0.25) is 0 Å². The van der Waals surface area contributed by atoms with Gasteiger partial charge >= 0.3 is 0 Å². The van der Waals surface area contributed by atoms with Crippen LogP contribution >= 0.6 is 11.3 Å². The Balaban J connectivity index is 1.82. The van der Waals surface area contributed by atoms with Gasteiger partial charge in [-0.2, -0.15) is 0 Å². The highest BCUT2D eigenvalue weighted by Crippen LogP contribution is 2.33. The maximum Gasteiger partial charge on any atom is 0.279 e. The van der Waals surface area contributed by atoms with Crippen molar-refractivity contribution in [1.29, 1.82) is 0 Å². The summed E-state index contributed by atoms with van der Waals surface area (Å²) in [7, 11) is 0. The number of hydrogen-bond donors (Lipinski definition) is 0. The number of hydrogen-bond acceptors (Lipinski definition) is 4. The largest absolute Gasteiger partial charge is 0.279 e. The molecule has 1 aromatic carbocycles. The molecule has 0 saturated heterocycles. The van der Waals surface area contributed by atoms with Gasteiger partial charge in [-0.15, -0.1) is 16.4 Å². The predicted octanol–water partition coefficient (Wildman–Crippen LogP) is 2.92. The smallest absolute Gasteiger partial charge is 0.267 e. The molecule has 0 bridgehead atoms. The van der Waals surface area contributed by atoms with Crippen LogP contribution in [-0.4, -0.2) is 15.0 Å². The summed E-state index contributed by atoms with van der Waals surface area (Å²) in [5.74, 6) is -0.313. The average Bonchev–Trinajstić information content (AvgIpc) is 2.89. The molecule has 0 saturated carbocycles. The Morgan fingerprint density at radius 3 is 3.00 bits per heavy atom. The number of thiophene rings is 1. The molecule has 0 atom stereocenters. The average molecular weight is 315 g/mol. The van der Waals surface area contributed by atoms with E-state index < -0.39 is 0 Å². The third-order valence-electron chi connectivity index (χ3n) is 4.07. The van der Waals surface area contributed by atoms with Crippen molar-refractivity contribution < 1.29 is 4.39 Å². The fourth-order valence-corrected chi connectivity index (χ4v) is 4.22. The fraction of sp³-hybridized carbons (Fsp3) is 0.312. The zero-order chi connectivity index (χ0) is 15.1. The topological polar surface area (TPSA) is 47.8 Å². The minimum atomic E-state index is -0.313. The van der Waals surface area contributed by atoms with E-state index in [0.717, 1.165) is 29.7 Å². The van der Waals surface area contributed by atoms with Gasteiger partial charge in [-0.25, -0.2) is 9.07 Å². The van der Waals surface area contributed by atoms with Crippen LogP contribution in [-0.2, 0) is 19.4 Å². The molecule has 4 nitrogen and oxygen atoms in total. The van der Waals surface area contributed by atoms with E-state index in [-0.39, 0.29) is 17.9 Å². The second-order valence-electron chi connectivity index (χ2n) is 5.57. The van der Waals surface area contributed by atoms with Gasteiger partial charge in [0.25, 0.3) is 5.56 Å². The Morgan fingerprint density at radius 1 is 1.27 bits per heavy atom. The summed E-state index contributed by atoms with van der Waals surface area (Å²) in [5, 5.41) is 8.93. The lowest BCUT2D eigenvalue weighted by Gasteiger charge is -2.10. The standard InChI is InChI=1S/C16H14FN3OS/c17-11-5-3-4-10(8-11)9-20-16(21)14-12-6-1-2-7-13(12)22-15(14)18-19-20/h3-5,8H,1-2,6-7,9H2. The molecule has 0 amide bonds. The Kier molecular flexibility index (Phi) is 3.26. The van der Waals surface area contributed by atoms with E-state index in [9.17, 15) is 9.18 Å². The summed E-state index contributed by atoms with van der Waals surface area (Å²) in [6, 6.07) is 6.22. The van der Waals surface area contributed by atoms with Crippen molar-refractivity contribution in [2.75, 3.05) is 0 Å². The zero-order valence-corrected chi connectivity index (χ0v) is 12.7. The number of rotatable bonds is 2. The summed E-state index contributed by atoms with van der Waals surface area (Å²) in [4.78, 5) is 14.7. The highest BCUT2D eigenvalue weighted by molar-refractivity contribution is 7.18. The lowest BCUT2D eigenvalue weighted by Crippen LogP contribution is -2.25. The van der Waals surface area contributed by atoms with Crippen molar-refractivity contribution >= 4 is 21.6 Å². The molecular weight excluding hydrogens is 301 g/mol. The second-order valence-corrected chi connectivity index (χ2v) is 6.66. The van der Waals surface area contributed by atoms with Crippen molar-refractivity contribution in [2.45, 2.75) is 32.2 Å². The first-order valence-electron chi connectivity index (χ1n) is 7.35. The number of halogens is 1. The molecule has 22 heavy (non-hydrogen) atoms. The Labute approximate surface area is 130 Å². The van der Waals surface area contributed by atoms with Gasteiger partial charge in [0, 0.05) is 4.88 Å². The lowest BCUT2D eigenvalue weighted by atomic mass is 9.97. The van der Waals surface area contributed by atoms with Gasteiger partial charge in [0.1, 0.15) is 5.82 Å². The van der Waals surface area contributed by atoms with E-state index in [1.807, 2.05) is 0 Å². The van der Waals surface area contributed by atoms with E-state index >= 15 is 0 Å². The molecule has 3 aromatic rings. The van der Waals surface area contributed by atoms with E-state index in [1.165, 1.54) is 28.1 Å². The molecule has 4 rings (SSSR count). The van der Waals surface area contributed by atoms with Crippen LogP contribution in [0.15, 0.2) is 29.1 Å². The van der Waals surface area contributed by atoms with Crippen LogP contribution in [0.4, 0.5) is 4.39 Å². The van der Waals surface area contributed by atoms with Crippen molar-refractivity contribution in [2.24, 2.45) is 0 Å². The Morgan fingerprint density at radius 2 is 2.14 bits per heavy atom. The monoisotopic (exact) mass is 315 g/mol. The van der Waals surface area contributed by atoms with Gasteiger partial charge in [-0.1, -0.05) is 17.3 Å². The molecular formula is C16H14FN3OS. The summed E-state index contributed by atoms with van der Waals surface area (Å²) < 4.78 is 14.6. The lowest BCUT2D eigenvalue weighted by molar-refractivity contribution is 0.590. The van der Waals surface area contributed by atoms with Gasteiger partial charge in [0.15, 0.2) is 4.83 Å². The summed E-state index contributed by atoms with van der Waals surface area (Å²) in [6.45, 7) is 0.240. The number of nitrogens with zero attached hydrogens (tertiary/aromatic N) is 3. The van der Waals surface area contributed by atoms with Crippen LogP contribution in [0, 0.1) is 5.82 Å². The molecule has 1 aliphatic rings. The quantitative estimate of drug-likeness (QED) is 0.730. The van der Waals surface area contributed by atoms with Gasteiger partial charge in [-0.3, -0.25) is 4.79 Å². The van der Waals surface area contributed by atoms with Crippen LogP contribution in [0.1, 0.15) is 28.8 Å². The van der Waals surface area contributed by atoms with Crippen LogP contribution in [0.3, 0.4) is 0 Å². The first kappa shape index (κ1) is 13.6. The first-order chi connectivity index (χ1) is 10.7. The molecule has 2 heterocycles. The van der Waals surface area contributed by atoms with Gasteiger partial charge < -0.3 is 0 Å². The maximum absolute atomic E-state index is 13.3. The first-order valence-corrected chi connectivity index (χ1v) is 8.16. The molecule has 0 unspecified atom stereocenters. The summed E-state index contributed by atoms with van der Waals surface area (Å²) in [5.41, 5.74) is 1.74. The molecule has 6 heteroatoms. The SMILES string of the molecule is O=c1c2c3c(sc2nnn1Cc1cccc(F)c1)CCCC3.